The van der Waals surface area contributed by atoms with Crippen molar-refractivity contribution in [3.05, 3.63) is 53.9 Å². The number of piperazine rings is 1. The molecule has 0 radical (unpaired) electrons. The molecule has 2 aromatic rings. The summed E-state index contributed by atoms with van der Waals surface area (Å²) < 4.78 is 5.20. The highest BCUT2D eigenvalue weighted by Gasteiger charge is 2.16. The van der Waals surface area contributed by atoms with Gasteiger partial charge in [0.05, 0.1) is 19.0 Å². The van der Waals surface area contributed by atoms with Gasteiger partial charge in [-0.05, 0) is 36.2 Å². The van der Waals surface area contributed by atoms with Gasteiger partial charge in [0.2, 0.25) is 6.41 Å². The van der Waals surface area contributed by atoms with Crippen LogP contribution in [-0.2, 0) is 11.2 Å². The van der Waals surface area contributed by atoms with E-state index in [-0.39, 0.29) is 5.91 Å². The minimum atomic E-state index is -0.185. The number of anilines is 1. The fourth-order valence-corrected chi connectivity index (χ4v) is 3.03. The summed E-state index contributed by atoms with van der Waals surface area (Å²) in [5, 5.41) is 2.90. The van der Waals surface area contributed by atoms with Crippen LogP contribution in [-0.4, -0.2) is 62.0 Å². The Kier molecular flexibility index (Phi) is 6.25. The van der Waals surface area contributed by atoms with Gasteiger partial charge in [-0.3, -0.25) is 9.59 Å². The molecule has 3 rings (SSSR count). The Morgan fingerprint density at radius 1 is 1.22 bits per heavy atom. The lowest BCUT2D eigenvalue weighted by Gasteiger charge is -2.33. The number of aromatic nitrogens is 1. The smallest absolute Gasteiger partial charge is 0.269 e. The molecule has 1 N–H and O–H groups in total. The third-order valence-corrected chi connectivity index (χ3v) is 4.64. The average molecular weight is 368 g/mol. The summed E-state index contributed by atoms with van der Waals surface area (Å²) >= 11 is 0. The third-order valence-electron chi connectivity index (χ3n) is 4.64. The SMILES string of the molecule is COc1cccc(CCNC(=O)c2ccc(N3CCN(C=O)CC3)cn2)c1. The number of carbonyl (C=O) groups is 2. The molecule has 2 heterocycles. The van der Waals surface area contributed by atoms with Gasteiger partial charge in [-0.1, -0.05) is 12.1 Å². The highest BCUT2D eigenvalue weighted by molar-refractivity contribution is 5.92. The Labute approximate surface area is 158 Å². The van der Waals surface area contributed by atoms with Crippen LogP contribution in [0, 0.1) is 0 Å². The Bertz CT molecular complexity index is 771. The van der Waals surface area contributed by atoms with Crippen molar-refractivity contribution < 1.29 is 14.3 Å². The summed E-state index contributed by atoms with van der Waals surface area (Å²) in [6.45, 7) is 3.48. The molecule has 1 aromatic heterocycles. The van der Waals surface area contributed by atoms with Crippen LogP contribution in [0.2, 0.25) is 0 Å². The molecule has 1 saturated heterocycles. The first-order valence-corrected chi connectivity index (χ1v) is 9.01. The van der Waals surface area contributed by atoms with Gasteiger partial charge in [0.25, 0.3) is 5.91 Å². The minimum Gasteiger partial charge on any atom is -0.497 e. The molecule has 7 nitrogen and oxygen atoms in total. The fraction of sp³-hybridized carbons (Fsp3) is 0.350. The van der Waals surface area contributed by atoms with Gasteiger partial charge < -0.3 is 19.9 Å². The van der Waals surface area contributed by atoms with Gasteiger partial charge >= 0.3 is 0 Å². The van der Waals surface area contributed by atoms with Crippen molar-refractivity contribution >= 4 is 18.0 Å². The van der Waals surface area contributed by atoms with Crippen LogP contribution in [0.3, 0.4) is 0 Å². The van der Waals surface area contributed by atoms with Crippen molar-refractivity contribution in [2.45, 2.75) is 6.42 Å². The molecule has 1 aliphatic rings. The molecule has 142 valence electrons. The second kappa shape index (κ2) is 9.02. The summed E-state index contributed by atoms with van der Waals surface area (Å²) in [7, 11) is 1.64. The van der Waals surface area contributed by atoms with E-state index in [1.807, 2.05) is 30.3 Å². The summed E-state index contributed by atoms with van der Waals surface area (Å²) in [6, 6.07) is 11.4. The predicted molar refractivity (Wildman–Crippen MR) is 103 cm³/mol. The van der Waals surface area contributed by atoms with E-state index >= 15 is 0 Å². The van der Waals surface area contributed by atoms with E-state index < -0.39 is 0 Å². The molecular formula is C20H24N4O3. The number of hydrogen-bond acceptors (Lipinski definition) is 5. The van der Waals surface area contributed by atoms with Gasteiger partial charge in [0.15, 0.2) is 0 Å². The number of nitrogens with one attached hydrogen (secondary N) is 1. The normalized spacial score (nSPS) is 14.0. The monoisotopic (exact) mass is 368 g/mol. The second-order valence-electron chi connectivity index (χ2n) is 6.39. The predicted octanol–water partition coefficient (Wildman–Crippen LogP) is 1.34. The molecule has 2 amide bonds. The summed E-state index contributed by atoms with van der Waals surface area (Å²) in [5.74, 6) is 0.625. The summed E-state index contributed by atoms with van der Waals surface area (Å²) in [4.78, 5) is 31.3. The highest BCUT2D eigenvalue weighted by atomic mass is 16.5. The lowest BCUT2D eigenvalue weighted by molar-refractivity contribution is -0.118. The van der Waals surface area contributed by atoms with E-state index in [1.165, 1.54) is 0 Å². The summed E-state index contributed by atoms with van der Waals surface area (Å²) in [5.41, 5.74) is 2.47. The van der Waals surface area contributed by atoms with Gasteiger partial charge in [-0.25, -0.2) is 4.98 Å². The molecule has 7 heteroatoms. The molecular weight excluding hydrogens is 344 g/mol. The molecule has 0 saturated carbocycles. The first kappa shape index (κ1) is 18.7. The van der Waals surface area contributed by atoms with Crippen LogP contribution in [0.4, 0.5) is 5.69 Å². The van der Waals surface area contributed by atoms with Crippen molar-refractivity contribution in [2.24, 2.45) is 0 Å². The van der Waals surface area contributed by atoms with Crippen LogP contribution in [0.5, 0.6) is 5.75 Å². The standard InChI is InChI=1S/C20H24N4O3/c1-27-18-4-2-3-16(13-18)7-8-21-20(26)19-6-5-17(14-22-19)24-11-9-23(15-25)10-12-24/h2-6,13-15H,7-12H2,1H3,(H,21,26). The Hall–Kier alpha value is -3.09. The van der Waals surface area contributed by atoms with Crippen LogP contribution in [0.25, 0.3) is 0 Å². The number of pyridine rings is 1. The number of ether oxygens (including phenoxy) is 1. The molecule has 1 fully saturated rings. The number of benzene rings is 1. The molecule has 0 bridgehead atoms. The minimum absolute atomic E-state index is 0.185. The zero-order chi connectivity index (χ0) is 19.1. The molecule has 0 aliphatic carbocycles. The van der Waals surface area contributed by atoms with Gasteiger partial charge in [0, 0.05) is 32.7 Å². The lowest BCUT2D eigenvalue weighted by Crippen LogP contribution is -2.45. The topological polar surface area (TPSA) is 74.8 Å². The van der Waals surface area contributed by atoms with Crippen molar-refractivity contribution in [3.8, 4) is 5.75 Å². The molecule has 1 aliphatic heterocycles. The number of methoxy groups -OCH3 is 1. The van der Waals surface area contributed by atoms with Crippen molar-refractivity contribution in [2.75, 3.05) is 44.7 Å². The summed E-state index contributed by atoms with van der Waals surface area (Å²) in [6.07, 6.45) is 3.32. The van der Waals surface area contributed by atoms with Crippen LogP contribution in [0.15, 0.2) is 42.6 Å². The number of amides is 2. The van der Waals surface area contributed by atoms with Crippen LogP contribution in [0.1, 0.15) is 16.1 Å². The van der Waals surface area contributed by atoms with Gasteiger partial charge in [-0.2, -0.15) is 0 Å². The number of hydrogen-bond donors (Lipinski definition) is 1. The largest absolute Gasteiger partial charge is 0.497 e. The number of rotatable bonds is 7. The third kappa shape index (κ3) is 4.97. The maximum Gasteiger partial charge on any atom is 0.269 e. The van der Waals surface area contributed by atoms with Crippen molar-refractivity contribution in [1.82, 2.24) is 15.2 Å². The molecule has 27 heavy (non-hydrogen) atoms. The van der Waals surface area contributed by atoms with E-state index in [0.717, 1.165) is 42.9 Å². The second-order valence-corrected chi connectivity index (χ2v) is 6.39. The molecule has 0 spiro atoms. The number of nitrogens with zero attached hydrogens (tertiary/aromatic N) is 3. The van der Waals surface area contributed by atoms with Crippen molar-refractivity contribution in [1.29, 1.82) is 0 Å². The van der Waals surface area contributed by atoms with E-state index in [4.69, 9.17) is 4.74 Å². The molecule has 0 unspecified atom stereocenters. The van der Waals surface area contributed by atoms with Gasteiger partial charge in [-0.15, -0.1) is 0 Å². The van der Waals surface area contributed by atoms with Crippen LogP contribution < -0.4 is 15.0 Å². The lowest BCUT2D eigenvalue weighted by atomic mass is 10.1. The van der Waals surface area contributed by atoms with Gasteiger partial charge in [0.1, 0.15) is 11.4 Å². The zero-order valence-corrected chi connectivity index (χ0v) is 15.4. The molecule has 1 aromatic carbocycles. The molecule has 0 atom stereocenters. The average Bonchev–Trinajstić information content (AvgIpc) is 2.74. The Morgan fingerprint density at radius 2 is 2.04 bits per heavy atom. The van der Waals surface area contributed by atoms with Crippen LogP contribution >= 0.6 is 0 Å². The number of carbonyl (C=O) groups excluding carboxylic acids is 2. The van der Waals surface area contributed by atoms with E-state index in [9.17, 15) is 9.59 Å². The first-order valence-electron chi connectivity index (χ1n) is 9.01. The van der Waals surface area contributed by atoms with E-state index in [1.54, 1.807) is 24.3 Å². The zero-order valence-electron chi connectivity index (χ0n) is 15.4. The van der Waals surface area contributed by atoms with Crippen molar-refractivity contribution in [3.63, 3.8) is 0 Å². The maximum absolute atomic E-state index is 12.3. The maximum atomic E-state index is 12.3. The van der Waals surface area contributed by atoms with E-state index in [2.05, 4.69) is 15.2 Å². The van der Waals surface area contributed by atoms with E-state index in [0.29, 0.717) is 25.3 Å². The first-order chi connectivity index (χ1) is 13.2. The highest BCUT2D eigenvalue weighted by Crippen LogP contribution is 2.15. The quantitative estimate of drug-likeness (QED) is 0.747. The Balaban J connectivity index is 1.49. The Morgan fingerprint density at radius 3 is 2.70 bits per heavy atom. The fourth-order valence-electron chi connectivity index (χ4n) is 3.03.